The highest BCUT2D eigenvalue weighted by Crippen LogP contribution is 2.36. The summed E-state index contributed by atoms with van der Waals surface area (Å²) in [4.78, 5) is 12.6. The molecule has 3 rings (SSSR count). The summed E-state index contributed by atoms with van der Waals surface area (Å²) >= 11 is 3.52. The topological polar surface area (TPSA) is 52.6 Å². The van der Waals surface area contributed by atoms with Gasteiger partial charge in [0.1, 0.15) is 5.01 Å². The standard InChI is InChI=1S/C17H25N5S2/c1-18-17(21-12-15-19-7-10-24-15)20-11-13-5-3-8-22(2)16(13)14-6-4-9-23-14/h4,6-7,9-10,13,16H,3,5,8,11-12H2,1-2H3,(H2,18,20,21). The molecule has 0 radical (unpaired) electrons. The van der Waals surface area contributed by atoms with Gasteiger partial charge in [0.25, 0.3) is 0 Å². The lowest BCUT2D eigenvalue weighted by molar-refractivity contribution is 0.125. The summed E-state index contributed by atoms with van der Waals surface area (Å²) in [6.45, 7) is 2.83. The first-order chi connectivity index (χ1) is 11.8. The van der Waals surface area contributed by atoms with Crippen LogP contribution in [0.2, 0.25) is 0 Å². The second-order valence-electron chi connectivity index (χ2n) is 6.08. The molecule has 7 heteroatoms. The van der Waals surface area contributed by atoms with E-state index in [9.17, 15) is 0 Å². The van der Waals surface area contributed by atoms with Crippen LogP contribution in [0.1, 0.15) is 28.8 Å². The lowest BCUT2D eigenvalue weighted by Gasteiger charge is -2.39. The first-order valence-corrected chi connectivity index (χ1v) is 10.1. The van der Waals surface area contributed by atoms with Crippen molar-refractivity contribution in [2.75, 3.05) is 27.2 Å². The summed E-state index contributed by atoms with van der Waals surface area (Å²) in [6.07, 6.45) is 4.35. The van der Waals surface area contributed by atoms with Gasteiger partial charge in [0.15, 0.2) is 5.96 Å². The van der Waals surface area contributed by atoms with Gasteiger partial charge in [0.2, 0.25) is 0 Å². The number of likely N-dealkylation sites (tertiary alicyclic amines) is 1. The number of hydrogen-bond donors (Lipinski definition) is 2. The Kier molecular flexibility index (Phi) is 6.23. The maximum absolute atomic E-state index is 4.34. The van der Waals surface area contributed by atoms with E-state index in [1.54, 1.807) is 11.3 Å². The van der Waals surface area contributed by atoms with Gasteiger partial charge in [-0.3, -0.25) is 9.89 Å². The van der Waals surface area contributed by atoms with Crippen molar-refractivity contribution in [1.82, 2.24) is 20.5 Å². The molecule has 2 aromatic heterocycles. The third-order valence-corrected chi connectivity index (χ3v) is 6.21. The highest BCUT2D eigenvalue weighted by molar-refractivity contribution is 7.10. The quantitative estimate of drug-likeness (QED) is 0.633. The molecule has 2 atom stereocenters. The van der Waals surface area contributed by atoms with E-state index in [0.717, 1.165) is 24.1 Å². The average Bonchev–Trinajstić information content (AvgIpc) is 3.29. The molecule has 0 bridgehead atoms. The maximum atomic E-state index is 4.34. The van der Waals surface area contributed by atoms with Crippen LogP contribution in [0.3, 0.4) is 0 Å². The molecule has 0 saturated carbocycles. The SMILES string of the molecule is CN=C(NCc1nccs1)NCC1CCCN(C)C1c1cccs1. The van der Waals surface area contributed by atoms with E-state index in [1.807, 2.05) is 30.0 Å². The highest BCUT2D eigenvalue weighted by Gasteiger charge is 2.31. The number of nitrogens with zero attached hydrogens (tertiary/aromatic N) is 3. The van der Waals surface area contributed by atoms with Crippen molar-refractivity contribution in [2.24, 2.45) is 10.9 Å². The van der Waals surface area contributed by atoms with Crippen LogP contribution in [0.25, 0.3) is 0 Å². The summed E-state index contributed by atoms with van der Waals surface area (Å²) in [7, 11) is 4.06. The van der Waals surface area contributed by atoms with E-state index in [-0.39, 0.29) is 0 Å². The zero-order chi connectivity index (χ0) is 16.8. The fourth-order valence-corrected chi connectivity index (χ4v) is 4.87. The summed E-state index contributed by atoms with van der Waals surface area (Å²) in [5.41, 5.74) is 0. The van der Waals surface area contributed by atoms with Gasteiger partial charge in [-0.05, 0) is 43.8 Å². The van der Waals surface area contributed by atoms with Gasteiger partial charge in [0, 0.05) is 36.1 Å². The number of rotatable bonds is 5. The van der Waals surface area contributed by atoms with Gasteiger partial charge in [0.05, 0.1) is 6.54 Å². The first-order valence-electron chi connectivity index (χ1n) is 8.34. The van der Waals surface area contributed by atoms with Crippen molar-refractivity contribution in [3.05, 3.63) is 39.0 Å². The number of hydrogen-bond acceptors (Lipinski definition) is 5. The molecule has 1 aliphatic rings. The van der Waals surface area contributed by atoms with E-state index >= 15 is 0 Å². The lowest BCUT2D eigenvalue weighted by Crippen LogP contribution is -2.44. The van der Waals surface area contributed by atoms with Crippen LogP contribution in [0.4, 0.5) is 0 Å². The molecule has 130 valence electrons. The van der Waals surface area contributed by atoms with Crippen molar-refractivity contribution < 1.29 is 0 Å². The predicted octanol–water partition coefficient (Wildman–Crippen LogP) is 2.95. The molecule has 1 aliphatic heterocycles. The Balaban J connectivity index is 1.56. The minimum absolute atomic E-state index is 0.503. The average molecular weight is 364 g/mol. The normalized spacial score (nSPS) is 22.5. The Morgan fingerprint density at radius 1 is 1.38 bits per heavy atom. The monoisotopic (exact) mass is 363 g/mol. The second kappa shape index (κ2) is 8.60. The van der Waals surface area contributed by atoms with Crippen molar-refractivity contribution in [2.45, 2.75) is 25.4 Å². The number of nitrogens with one attached hydrogen (secondary N) is 2. The minimum atomic E-state index is 0.503. The molecule has 3 heterocycles. The lowest BCUT2D eigenvalue weighted by atomic mass is 9.88. The van der Waals surface area contributed by atoms with Crippen molar-refractivity contribution in [1.29, 1.82) is 0 Å². The summed E-state index contributed by atoms with van der Waals surface area (Å²) < 4.78 is 0. The number of piperidine rings is 1. The number of guanidine groups is 1. The Labute approximate surface area is 151 Å². The second-order valence-corrected chi connectivity index (χ2v) is 8.03. The molecule has 0 amide bonds. The van der Waals surface area contributed by atoms with Crippen molar-refractivity contribution >= 4 is 28.6 Å². The van der Waals surface area contributed by atoms with E-state index in [4.69, 9.17) is 0 Å². The molecule has 0 aromatic carbocycles. The molecule has 2 unspecified atom stereocenters. The molecular weight excluding hydrogens is 338 g/mol. The van der Waals surface area contributed by atoms with Crippen molar-refractivity contribution in [3.8, 4) is 0 Å². The number of aliphatic imine (C=N–C) groups is 1. The largest absolute Gasteiger partial charge is 0.356 e. The molecular formula is C17H25N5S2. The zero-order valence-electron chi connectivity index (χ0n) is 14.2. The van der Waals surface area contributed by atoms with Crippen LogP contribution in [-0.4, -0.2) is 43.0 Å². The fraction of sp³-hybridized carbons (Fsp3) is 0.529. The van der Waals surface area contributed by atoms with Crippen molar-refractivity contribution in [3.63, 3.8) is 0 Å². The van der Waals surface area contributed by atoms with Crippen LogP contribution < -0.4 is 10.6 Å². The molecule has 1 saturated heterocycles. The van der Waals surface area contributed by atoms with Crippen LogP contribution in [0.5, 0.6) is 0 Å². The van der Waals surface area contributed by atoms with Gasteiger partial charge in [-0.25, -0.2) is 4.98 Å². The third kappa shape index (κ3) is 4.34. The van der Waals surface area contributed by atoms with E-state index < -0.39 is 0 Å². The molecule has 5 nitrogen and oxygen atoms in total. The van der Waals surface area contributed by atoms with Gasteiger partial charge in [-0.1, -0.05) is 6.07 Å². The number of thiophene rings is 1. The Morgan fingerprint density at radius 3 is 3.00 bits per heavy atom. The molecule has 0 spiro atoms. The van der Waals surface area contributed by atoms with Crippen LogP contribution in [0, 0.1) is 5.92 Å². The molecule has 24 heavy (non-hydrogen) atoms. The first kappa shape index (κ1) is 17.4. The van der Waals surface area contributed by atoms with E-state index in [0.29, 0.717) is 12.0 Å². The molecule has 1 fully saturated rings. The Hall–Kier alpha value is -1.44. The highest BCUT2D eigenvalue weighted by atomic mass is 32.1. The molecule has 2 N–H and O–H groups in total. The summed E-state index contributed by atoms with van der Waals surface area (Å²) in [5, 5.41) is 12.1. The number of aromatic nitrogens is 1. The van der Waals surface area contributed by atoms with Gasteiger partial charge in [-0.2, -0.15) is 0 Å². The predicted molar refractivity (Wildman–Crippen MR) is 103 cm³/mol. The van der Waals surface area contributed by atoms with Crippen LogP contribution in [-0.2, 0) is 6.54 Å². The third-order valence-electron chi connectivity index (χ3n) is 4.49. The summed E-state index contributed by atoms with van der Waals surface area (Å²) in [5.74, 6) is 1.45. The van der Waals surface area contributed by atoms with Gasteiger partial charge in [-0.15, -0.1) is 22.7 Å². The van der Waals surface area contributed by atoms with E-state index in [2.05, 4.69) is 50.1 Å². The Morgan fingerprint density at radius 2 is 2.29 bits per heavy atom. The summed E-state index contributed by atoms with van der Waals surface area (Å²) in [6, 6.07) is 4.92. The van der Waals surface area contributed by atoms with E-state index in [1.165, 1.54) is 24.3 Å². The minimum Gasteiger partial charge on any atom is -0.356 e. The molecule has 0 aliphatic carbocycles. The number of thiazole rings is 1. The van der Waals surface area contributed by atoms with Gasteiger partial charge >= 0.3 is 0 Å². The Bertz CT molecular complexity index is 623. The smallest absolute Gasteiger partial charge is 0.191 e. The molecule has 2 aromatic rings. The van der Waals surface area contributed by atoms with Crippen LogP contribution in [0.15, 0.2) is 34.1 Å². The van der Waals surface area contributed by atoms with Crippen LogP contribution >= 0.6 is 22.7 Å². The van der Waals surface area contributed by atoms with Gasteiger partial charge < -0.3 is 10.6 Å². The maximum Gasteiger partial charge on any atom is 0.191 e. The fourth-order valence-electron chi connectivity index (χ4n) is 3.33. The zero-order valence-corrected chi connectivity index (χ0v) is 15.9.